The highest BCUT2D eigenvalue weighted by Gasteiger charge is 2.09. The van der Waals surface area contributed by atoms with Gasteiger partial charge in [-0.3, -0.25) is 4.79 Å². The number of benzene rings is 2. The fourth-order valence-electron chi connectivity index (χ4n) is 2.69. The average Bonchev–Trinajstić information content (AvgIpc) is 2.68. The minimum atomic E-state index is -0.212. The number of rotatable bonds is 6. The molecular weight excluding hydrogens is 346 g/mol. The molecule has 0 unspecified atom stereocenters. The summed E-state index contributed by atoms with van der Waals surface area (Å²) in [6, 6.07) is 19.2. The summed E-state index contributed by atoms with van der Waals surface area (Å²) in [4.78, 5) is 16.4. The van der Waals surface area contributed by atoms with Crippen molar-refractivity contribution in [2.45, 2.75) is 19.9 Å². The van der Waals surface area contributed by atoms with Crippen molar-refractivity contribution in [1.29, 1.82) is 0 Å². The van der Waals surface area contributed by atoms with Crippen LogP contribution in [0.3, 0.4) is 0 Å². The molecule has 1 heterocycles. The number of aromatic nitrogens is 1. The van der Waals surface area contributed by atoms with Gasteiger partial charge in [-0.2, -0.15) is 0 Å². The first-order chi connectivity index (χ1) is 12.7. The number of nitrogens with one attached hydrogen (secondary N) is 2. The van der Waals surface area contributed by atoms with Crippen molar-refractivity contribution >= 4 is 28.9 Å². The second-order valence-electron chi connectivity index (χ2n) is 5.86. The first-order valence-corrected chi connectivity index (χ1v) is 8.87. The molecule has 0 bridgehead atoms. The average molecular weight is 366 g/mol. The SMILES string of the molecule is CCc1ccccc1NCc1cccc(C(=O)Nc2cccnc2Cl)c1. The molecule has 0 saturated carbocycles. The maximum atomic E-state index is 12.5. The largest absolute Gasteiger partial charge is 0.381 e. The van der Waals surface area contributed by atoms with E-state index in [1.54, 1.807) is 24.4 Å². The summed E-state index contributed by atoms with van der Waals surface area (Å²) in [6.45, 7) is 2.78. The molecule has 1 amide bonds. The number of halogens is 1. The third kappa shape index (κ3) is 4.41. The second-order valence-corrected chi connectivity index (χ2v) is 6.22. The van der Waals surface area contributed by atoms with E-state index in [0.29, 0.717) is 17.8 Å². The summed E-state index contributed by atoms with van der Waals surface area (Å²) < 4.78 is 0. The smallest absolute Gasteiger partial charge is 0.255 e. The Bertz CT molecular complexity index is 911. The molecule has 3 aromatic rings. The molecule has 2 N–H and O–H groups in total. The van der Waals surface area contributed by atoms with Crippen LogP contribution in [0.25, 0.3) is 0 Å². The van der Waals surface area contributed by atoms with E-state index >= 15 is 0 Å². The van der Waals surface area contributed by atoms with Gasteiger partial charge in [0.05, 0.1) is 5.69 Å². The maximum Gasteiger partial charge on any atom is 0.255 e. The summed E-state index contributed by atoms with van der Waals surface area (Å²) in [5.74, 6) is -0.212. The van der Waals surface area contributed by atoms with Gasteiger partial charge in [0.1, 0.15) is 0 Å². The highest BCUT2D eigenvalue weighted by molar-refractivity contribution is 6.32. The van der Waals surface area contributed by atoms with Gasteiger partial charge in [-0.05, 0) is 47.9 Å². The molecule has 132 valence electrons. The minimum Gasteiger partial charge on any atom is -0.381 e. The predicted molar refractivity (Wildman–Crippen MR) is 107 cm³/mol. The molecule has 5 heteroatoms. The van der Waals surface area contributed by atoms with E-state index in [1.807, 2.05) is 30.3 Å². The Morgan fingerprint density at radius 3 is 2.65 bits per heavy atom. The molecule has 4 nitrogen and oxygen atoms in total. The lowest BCUT2D eigenvalue weighted by Gasteiger charge is -2.12. The molecule has 0 fully saturated rings. The standard InChI is InChI=1S/C21H20ClN3O/c1-2-16-8-3-4-10-18(16)24-14-15-7-5-9-17(13-15)21(26)25-19-11-6-12-23-20(19)22/h3-13,24H,2,14H2,1H3,(H,25,26). The Balaban J connectivity index is 1.70. The number of carbonyl (C=O) groups is 1. The number of carbonyl (C=O) groups excluding carboxylic acids is 1. The Labute approximate surface area is 158 Å². The van der Waals surface area contributed by atoms with Crippen molar-refractivity contribution in [3.8, 4) is 0 Å². The number of aryl methyl sites for hydroxylation is 1. The van der Waals surface area contributed by atoms with E-state index in [1.165, 1.54) is 5.56 Å². The van der Waals surface area contributed by atoms with E-state index in [4.69, 9.17) is 11.6 Å². The van der Waals surface area contributed by atoms with Crippen molar-refractivity contribution in [2.75, 3.05) is 10.6 Å². The lowest BCUT2D eigenvalue weighted by molar-refractivity contribution is 0.102. The molecule has 0 aliphatic rings. The van der Waals surface area contributed by atoms with Crippen molar-refractivity contribution in [3.63, 3.8) is 0 Å². The molecule has 0 atom stereocenters. The van der Waals surface area contributed by atoms with Crippen LogP contribution in [0.2, 0.25) is 5.15 Å². The molecule has 0 spiro atoms. The molecule has 0 aliphatic heterocycles. The van der Waals surface area contributed by atoms with E-state index in [2.05, 4.69) is 34.7 Å². The van der Waals surface area contributed by atoms with Gasteiger partial charge in [-0.1, -0.05) is 48.9 Å². The van der Waals surface area contributed by atoms with E-state index < -0.39 is 0 Å². The number of pyridine rings is 1. The Kier molecular flexibility index (Phi) is 5.87. The fraction of sp³-hybridized carbons (Fsp3) is 0.143. The van der Waals surface area contributed by atoms with Crippen LogP contribution in [0.1, 0.15) is 28.4 Å². The van der Waals surface area contributed by atoms with Gasteiger partial charge in [-0.15, -0.1) is 0 Å². The van der Waals surface area contributed by atoms with Gasteiger partial charge in [0.15, 0.2) is 5.15 Å². The van der Waals surface area contributed by atoms with Gasteiger partial charge in [0, 0.05) is 24.0 Å². The zero-order chi connectivity index (χ0) is 18.4. The normalized spacial score (nSPS) is 10.4. The lowest BCUT2D eigenvalue weighted by atomic mass is 10.1. The van der Waals surface area contributed by atoms with Crippen LogP contribution in [0.5, 0.6) is 0 Å². The zero-order valence-corrected chi connectivity index (χ0v) is 15.3. The van der Waals surface area contributed by atoms with E-state index in [0.717, 1.165) is 17.7 Å². The van der Waals surface area contributed by atoms with Crippen LogP contribution in [-0.2, 0) is 13.0 Å². The number of hydrogen-bond acceptors (Lipinski definition) is 3. The Morgan fingerprint density at radius 2 is 1.85 bits per heavy atom. The van der Waals surface area contributed by atoms with Gasteiger partial charge in [0.2, 0.25) is 0 Å². The molecule has 1 aromatic heterocycles. The minimum absolute atomic E-state index is 0.212. The van der Waals surface area contributed by atoms with Crippen molar-refractivity contribution in [3.05, 3.63) is 88.7 Å². The van der Waals surface area contributed by atoms with Crippen LogP contribution >= 0.6 is 11.6 Å². The fourth-order valence-corrected chi connectivity index (χ4v) is 2.86. The molecule has 3 rings (SSSR count). The van der Waals surface area contributed by atoms with Crippen LogP contribution in [-0.4, -0.2) is 10.9 Å². The topological polar surface area (TPSA) is 54.0 Å². The van der Waals surface area contributed by atoms with Crippen molar-refractivity contribution in [2.24, 2.45) is 0 Å². The number of anilines is 2. The summed E-state index contributed by atoms with van der Waals surface area (Å²) in [5, 5.41) is 6.51. The molecule has 0 radical (unpaired) electrons. The van der Waals surface area contributed by atoms with Gasteiger partial charge >= 0.3 is 0 Å². The van der Waals surface area contributed by atoms with Crippen LogP contribution in [0, 0.1) is 0 Å². The number of amides is 1. The lowest BCUT2D eigenvalue weighted by Crippen LogP contribution is -2.13. The second kappa shape index (κ2) is 8.50. The van der Waals surface area contributed by atoms with Crippen LogP contribution in [0.4, 0.5) is 11.4 Å². The number of hydrogen-bond donors (Lipinski definition) is 2. The highest BCUT2D eigenvalue weighted by atomic mass is 35.5. The van der Waals surface area contributed by atoms with Crippen molar-refractivity contribution < 1.29 is 4.79 Å². The summed E-state index contributed by atoms with van der Waals surface area (Å²) in [6.07, 6.45) is 2.55. The van der Waals surface area contributed by atoms with E-state index in [9.17, 15) is 4.79 Å². The van der Waals surface area contributed by atoms with E-state index in [-0.39, 0.29) is 11.1 Å². The first kappa shape index (κ1) is 18.0. The van der Waals surface area contributed by atoms with Gasteiger partial charge in [-0.25, -0.2) is 4.98 Å². The number of nitrogens with zero attached hydrogens (tertiary/aromatic N) is 1. The Morgan fingerprint density at radius 1 is 1.04 bits per heavy atom. The zero-order valence-electron chi connectivity index (χ0n) is 14.5. The predicted octanol–water partition coefficient (Wildman–Crippen LogP) is 5.16. The van der Waals surface area contributed by atoms with Crippen LogP contribution < -0.4 is 10.6 Å². The molecule has 2 aromatic carbocycles. The Hall–Kier alpha value is -2.85. The highest BCUT2D eigenvalue weighted by Crippen LogP contribution is 2.20. The third-order valence-electron chi connectivity index (χ3n) is 4.08. The monoisotopic (exact) mass is 365 g/mol. The van der Waals surface area contributed by atoms with Gasteiger partial charge < -0.3 is 10.6 Å². The maximum absolute atomic E-state index is 12.5. The molecule has 0 saturated heterocycles. The summed E-state index contributed by atoms with van der Waals surface area (Å²) in [7, 11) is 0. The quantitative estimate of drug-likeness (QED) is 0.593. The molecule has 26 heavy (non-hydrogen) atoms. The summed E-state index contributed by atoms with van der Waals surface area (Å²) in [5.41, 5.74) is 4.49. The third-order valence-corrected chi connectivity index (χ3v) is 4.38. The van der Waals surface area contributed by atoms with Crippen molar-refractivity contribution in [1.82, 2.24) is 4.98 Å². The number of para-hydroxylation sites is 1. The molecular formula is C21H20ClN3O. The van der Waals surface area contributed by atoms with Gasteiger partial charge in [0.25, 0.3) is 5.91 Å². The van der Waals surface area contributed by atoms with Crippen LogP contribution in [0.15, 0.2) is 66.9 Å². The first-order valence-electron chi connectivity index (χ1n) is 8.50. The molecule has 0 aliphatic carbocycles. The summed E-state index contributed by atoms with van der Waals surface area (Å²) >= 11 is 6.00.